The maximum Gasteiger partial charge on any atom is 0.433 e. The summed E-state index contributed by atoms with van der Waals surface area (Å²) in [5.41, 5.74) is 3.57. The maximum atomic E-state index is 13.3. The average molecular weight is 458 g/mol. The van der Waals surface area contributed by atoms with Gasteiger partial charge in [0, 0.05) is 30.5 Å². The van der Waals surface area contributed by atoms with E-state index in [1.807, 2.05) is 12.1 Å². The molecule has 0 unspecified atom stereocenters. The van der Waals surface area contributed by atoms with Crippen molar-refractivity contribution in [1.82, 2.24) is 15.0 Å². The van der Waals surface area contributed by atoms with Gasteiger partial charge in [0.25, 0.3) is 0 Å². The Labute approximate surface area is 190 Å². The second-order valence-electron chi connectivity index (χ2n) is 8.15. The first kappa shape index (κ1) is 23.0. The first-order chi connectivity index (χ1) is 15.8. The smallest absolute Gasteiger partial charge is 0.383 e. The lowest BCUT2D eigenvalue weighted by atomic mass is 9.90. The number of nitrogens with one attached hydrogen (secondary N) is 2. The third-order valence-corrected chi connectivity index (χ3v) is 5.59. The van der Waals surface area contributed by atoms with Gasteiger partial charge in [0.05, 0.1) is 12.3 Å². The molecule has 0 spiro atoms. The van der Waals surface area contributed by atoms with Gasteiger partial charge in [-0.3, -0.25) is 0 Å². The van der Waals surface area contributed by atoms with Crippen molar-refractivity contribution in [2.24, 2.45) is 0 Å². The van der Waals surface area contributed by atoms with E-state index >= 15 is 0 Å². The number of pyridine rings is 1. The monoisotopic (exact) mass is 457 g/mol. The molecule has 4 rings (SSSR count). The van der Waals surface area contributed by atoms with E-state index in [1.165, 1.54) is 37.1 Å². The molecule has 3 aromatic rings. The van der Waals surface area contributed by atoms with Crippen LogP contribution in [0.5, 0.6) is 0 Å². The molecule has 1 aliphatic rings. The number of halogens is 3. The minimum atomic E-state index is -4.55. The zero-order chi connectivity index (χ0) is 23.4. The van der Waals surface area contributed by atoms with E-state index in [9.17, 15) is 13.2 Å². The minimum absolute atomic E-state index is 0.0936. The molecule has 0 saturated heterocycles. The number of benzene rings is 1. The summed E-state index contributed by atoms with van der Waals surface area (Å²) in [6, 6.07) is 10.0. The van der Waals surface area contributed by atoms with E-state index in [0.717, 1.165) is 31.0 Å². The van der Waals surface area contributed by atoms with Crippen LogP contribution in [0.25, 0.3) is 11.3 Å². The SMILES string of the molecule is COC[C@H](C)Nc1nc(C(F)(F)F)ccc1-c1cc(Nc2cccc3c2CCCC3)ncn1. The van der Waals surface area contributed by atoms with Crippen molar-refractivity contribution in [2.75, 3.05) is 24.4 Å². The predicted octanol–water partition coefficient (Wildman–Crippen LogP) is 5.63. The third kappa shape index (κ3) is 5.42. The number of ether oxygens (including phenoxy) is 1. The Morgan fingerprint density at radius 3 is 2.70 bits per heavy atom. The zero-order valence-electron chi connectivity index (χ0n) is 18.5. The number of hydrogen-bond acceptors (Lipinski definition) is 6. The second-order valence-corrected chi connectivity index (χ2v) is 8.15. The summed E-state index contributed by atoms with van der Waals surface area (Å²) in [4.78, 5) is 12.5. The molecule has 9 heteroatoms. The number of anilines is 3. The van der Waals surface area contributed by atoms with E-state index < -0.39 is 11.9 Å². The van der Waals surface area contributed by atoms with Gasteiger partial charge in [0.15, 0.2) is 0 Å². The van der Waals surface area contributed by atoms with Crippen LogP contribution in [0.3, 0.4) is 0 Å². The Hall–Kier alpha value is -3.20. The van der Waals surface area contributed by atoms with E-state index in [0.29, 0.717) is 23.7 Å². The van der Waals surface area contributed by atoms with Crippen molar-refractivity contribution in [3.63, 3.8) is 0 Å². The fourth-order valence-corrected chi connectivity index (χ4v) is 4.07. The van der Waals surface area contributed by atoms with Gasteiger partial charge in [-0.25, -0.2) is 15.0 Å². The maximum absolute atomic E-state index is 13.3. The number of alkyl halides is 3. The van der Waals surface area contributed by atoms with Crippen LogP contribution in [0.1, 0.15) is 36.6 Å². The number of nitrogens with zero attached hydrogens (tertiary/aromatic N) is 3. The van der Waals surface area contributed by atoms with Crippen molar-refractivity contribution >= 4 is 17.3 Å². The van der Waals surface area contributed by atoms with Crippen LogP contribution in [0, 0.1) is 0 Å². The van der Waals surface area contributed by atoms with Gasteiger partial charge in [-0.2, -0.15) is 13.2 Å². The summed E-state index contributed by atoms with van der Waals surface area (Å²) < 4.78 is 44.9. The summed E-state index contributed by atoms with van der Waals surface area (Å²) in [5.74, 6) is 0.658. The van der Waals surface area contributed by atoms with Crippen molar-refractivity contribution in [2.45, 2.75) is 44.8 Å². The lowest BCUT2D eigenvalue weighted by molar-refractivity contribution is -0.141. The highest BCUT2D eigenvalue weighted by Crippen LogP contribution is 2.34. The lowest BCUT2D eigenvalue weighted by Gasteiger charge is -2.20. The Morgan fingerprint density at radius 1 is 1.09 bits per heavy atom. The summed E-state index contributed by atoms with van der Waals surface area (Å²) in [6.07, 6.45) is 1.24. The standard InChI is InChI=1S/C24H26F3N5O/c1-15(13-33-2)30-23-18(10-11-21(32-23)24(25,26)27)20-12-22(29-14-28-20)31-19-9-5-7-16-6-3-4-8-17(16)19/h5,7,9-12,14-15H,3-4,6,8,13H2,1-2H3,(H,30,32)(H,28,29,31)/t15-/m0/s1. The molecule has 0 bridgehead atoms. The molecule has 0 amide bonds. The molecule has 33 heavy (non-hydrogen) atoms. The predicted molar refractivity (Wildman–Crippen MR) is 122 cm³/mol. The van der Waals surface area contributed by atoms with Gasteiger partial charge in [-0.05, 0) is 61.9 Å². The van der Waals surface area contributed by atoms with Gasteiger partial charge < -0.3 is 15.4 Å². The molecule has 2 N–H and O–H groups in total. The van der Waals surface area contributed by atoms with E-state index in [4.69, 9.17) is 4.74 Å². The minimum Gasteiger partial charge on any atom is -0.383 e. The first-order valence-corrected chi connectivity index (χ1v) is 10.9. The number of fused-ring (bicyclic) bond motifs is 1. The molecule has 2 heterocycles. The van der Waals surface area contributed by atoms with Crippen molar-refractivity contribution in [1.29, 1.82) is 0 Å². The highest BCUT2D eigenvalue weighted by atomic mass is 19.4. The second kappa shape index (κ2) is 9.74. The van der Waals surface area contributed by atoms with Gasteiger partial charge in [-0.15, -0.1) is 0 Å². The van der Waals surface area contributed by atoms with Crippen LogP contribution in [0.15, 0.2) is 42.7 Å². The Balaban J connectivity index is 1.68. The third-order valence-electron chi connectivity index (χ3n) is 5.59. The van der Waals surface area contributed by atoms with E-state index in [2.05, 4.69) is 31.7 Å². The Kier molecular flexibility index (Phi) is 6.78. The number of aromatic nitrogens is 3. The van der Waals surface area contributed by atoms with Gasteiger partial charge >= 0.3 is 6.18 Å². The summed E-state index contributed by atoms with van der Waals surface area (Å²) in [6.45, 7) is 2.12. The Bertz CT molecular complexity index is 1120. The molecule has 174 valence electrons. The van der Waals surface area contributed by atoms with Crippen LogP contribution in [0.4, 0.5) is 30.5 Å². The number of hydrogen-bond donors (Lipinski definition) is 2. The van der Waals surface area contributed by atoms with Gasteiger partial charge in [0.1, 0.15) is 23.7 Å². The molecule has 0 saturated carbocycles. The van der Waals surface area contributed by atoms with Crippen LogP contribution < -0.4 is 10.6 Å². The molecule has 1 aliphatic carbocycles. The largest absolute Gasteiger partial charge is 0.433 e. The fourth-order valence-electron chi connectivity index (χ4n) is 4.07. The molecule has 2 aromatic heterocycles. The van der Waals surface area contributed by atoms with Crippen LogP contribution in [0.2, 0.25) is 0 Å². The highest BCUT2D eigenvalue weighted by molar-refractivity contribution is 5.75. The van der Waals surface area contributed by atoms with Crippen molar-refractivity contribution < 1.29 is 17.9 Å². The number of methoxy groups -OCH3 is 1. The van der Waals surface area contributed by atoms with Gasteiger partial charge in [-0.1, -0.05) is 12.1 Å². The van der Waals surface area contributed by atoms with Crippen molar-refractivity contribution in [3.8, 4) is 11.3 Å². The molecule has 0 radical (unpaired) electrons. The topological polar surface area (TPSA) is 72.0 Å². The van der Waals surface area contributed by atoms with Crippen LogP contribution >= 0.6 is 0 Å². The quantitative estimate of drug-likeness (QED) is 0.479. The Morgan fingerprint density at radius 2 is 1.91 bits per heavy atom. The molecule has 1 atom stereocenters. The van der Waals surface area contributed by atoms with E-state index in [-0.39, 0.29) is 11.9 Å². The summed E-state index contributed by atoms with van der Waals surface area (Å²) in [7, 11) is 1.53. The molecule has 0 aliphatic heterocycles. The molecular formula is C24H26F3N5O. The van der Waals surface area contributed by atoms with E-state index in [1.54, 1.807) is 13.0 Å². The van der Waals surface area contributed by atoms with Crippen LogP contribution in [-0.2, 0) is 23.8 Å². The summed E-state index contributed by atoms with van der Waals surface area (Å²) >= 11 is 0. The van der Waals surface area contributed by atoms with Crippen molar-refractivity contribution in [3.05, 3.63) is 59.5 Å². The lowest BCUT2D eigenvalue weighted by Crippen LogP contribution is -2.23. The molecule has 0 fully saturated rings. The fraction of sp³-hybridized carbons (Fsp3) is 0.375. The first-order valence-electron chi connectivity index (χ1n) is 10.9. The number of rotatable bonds is 7. The molecular weight excluding hydrogens is 431 g/mol. The molecule has 1 aromatic carbocycles. The summed E-state index contributed by atoms with van der Waals surface area (Å²) in [5, 5.41) is 6.38. The number of aryl methyl sites for hydroxylation is 1. The average Bonchev–Trinajstić information content (AvgIpc) is 2.79. The van der Waals surface area contributed by atoms with Gasteiger partial charge in [0.2, 0.25) is 0 Å². The zero-order valence-corrected chi connectivity index (χ0v) is 18.5. The normalized spacial score (nSPS) is 14.5. The highest BCUT2D eigenvalue weighted by Gasteiger charge is 2.33. The molecule has 6 nitrogen and oxygen atoms in total. The van der Waals surface area contributed by atoms with Crippen LogP contribution in [-0.4, -0.2) is 34.7 Å².